The summed E-state index contributed by atoms with van der Waals surface area (Å²) in [6.45, 7) is 7.19. The predicted molar refractivity (Wildman–Crippen MR) is 523 cm³/mol. The molecule has 4 aromatic rings. The van der Waals surface area contributed by atoms with Crippen molar-refractivity contribution in [3.05, 3.63) is 117 Å². The predicted octanol–water partition coefficient (Wildman–Crippen LogP) is 9.66. The van der Waals surface area contributed by atoms with Crippen LogP contribution in [0.1, 0.15) is 204 Å². The number of allylic oxidation sites excluding steroid dienone is 4. The second-order valence-corrected chi connectivity index (χ2v) is 41.8. The van der Waals surface area contributed by atoms with E-state index in [9.17, 15) is 75.9 Å². The number of fused-ring (bicyclic) bond motifs is 2. The van der Waals surface area contributed by atoms with Crippen LogP contribution in [0.3, 0.4) is 0 Å². The monoisotopic (exact) mass is 2050 g/mol. The minimum Gasteiger partial charge on any atom is -0.490 e. The van der Waals surface area contributed by atoms with Crippen molar-refractivity contribution in [1.29, 1.82) is 0 Å². The fraction of sp³-hybridized carbons (Fsp3) is 0.568. The van der Waals surface area contributed by atoms with E-state index in [1.165, 1.54) is 76.3 Å². The van der Waals surface area contributed by atoms with Gasteiger partial charge in [0.2, 0.25) is 17.2 Å². The fourth-order valence-electron chi connectivity index (χ4n) is 13.9. The van der Waals surface area contributed by atoms with Gasteiger partial charge in [-0.2, -0.15) is 38.2 Å². The molecule has 0 saturated heterocycles. The molecule has 2 aliphatic heterocycles. The first-order chi connectivity index (χ1) is 60.8. The molecular formula is C81H113B5IN8O24S9+. The van der Waals surface area contributed by atoms with Crippen LogP contribution in [0.15, 0.2) is 72.5 Å². The molecule has 0 spiro atoms. The van der Waals surface area contributed by atoms with E-state index in [0.717, 1.165) is 66.9 Å². The van der Waals surface area contributed by atoms with Crippen molar-refractivity contribution in [3.63, 3.8) is 0 Å². The highest BCUT2D eigenvalue weighted by atomic mass is 127. The second kappa shape index (κ2) is 56.2. The van der Waals surface area contributed by atoms with E-state index >= 15 is 4.79 Å². The standard InChI is InChI=1S/C81H112B5IN8O24S9/c1-80(2)68(22-17-23-69-81(3,4)71-61(79(101)93-30-47-128(111,112)113)49-57(75(97)92-29-46-127(108,109)110)51-63(71)95(69)32-21-45-126(105,106)107)94(31-20-44-125(102,103)104)62-50-56(74(96)88-25-18-26-89-76(98)59-54-66(116-35-8-13-40-121-83)73(119-38-11-16-43-124-86)67(55-59)117-36-9-14-41-122-84)48-60(70(62)80)78(100)91-28-19-27-90-77(99)58-52-64(114-33-6-5-24-87)72(118-37-10-15-42-123-85)65(53-58)115-34-7-12-39-120-82/h17,22-23,48-55H,5-16,18-21,24-47H2,1-4H3,(H9-,88,89,90,91,92,93,96,97,98,99,100,101,102,103,104,105,106,107,108,109,110,111,112,113)/p+1. The number of carbonyl (C=O) groups excluding carboxylic acids is 6. The minimum absolute atomic E-state index is 0.00747. The van der Waals surface area contributed by atoms with Crippen LogP contribution in [0, 0.1) is 0 Å². The topological polar surface area (TPSA) is 454 Å². The van der Waals surface area contributed by atoms with Crippen LogP contribution in [0.5, 0.6) is 34.5 Å². The number of ether oxygens (including phenoxy) is 6. The molecule has 32 nitrogen and oxygen atoms in total. The molecule has 128 heavy (non-hydrogen) atoms. The van der Waals surface area contributed by atoms with Gasteiger partial charge in [0, 0.05) is 115 Å². The van der Waals surface area contributed by atoms with Crippen molar-refractivity contribution < 1.29 is 114 Å². The normalized spacial score (nSPS) is 13.9. The number of nitrogens with one attached hydrogen (secondary N) is 6. The number of halogens is 1. The highest BCUT2D eigenvalue weighted by Crippen LogP contribution is 2.51. The van der Waals surface area contributed by atoms with Crippen LogP contribution in [0.25, 0.3) is 0 Å². The summed E-state index contributed by atoms with van der Waals surface area (Å²) in [5.41, 5.74) is -1.07. The largest absolute Gasteiger partial charge is 0.490 e. The van der Waals surface area contributed by atoms with Gasteiger partial charge in [0.25, 0.3) is 75.9 Å². The number of amides is 6. The Labute approximate surface area is 793 Å². The van der Waals surface area contributed by atoms with Crippen LogP contribution >= 0.6 is 80.7 Å². The van der Waals surface area contributed by atoms with E-state index < -0.39 is 123 Å². The van der Waals surface area contributed by atoms with E-state index in [2.05, 4.69) is 54.5 Å². The summed E-state index contributed by atoms with van der Waals surface area (Å²) in [4.78, 5) is 88.5. The molecule has 6 rings (SSSR count). The van der Waals surface area contributed by atoms with Gasteiger partial charge in [-0.25, -0.2) is 58.1 Å². The zero-order valence-electron chi connectivity index (χ0n) is 72.4. The first kappa shape index (κ1) is 111. The lowest BCUT2D eigenvalue weighted by Gasteiger charge is -2.27. The molecular weight excluding hydrogens is 1940 g/mol. The lowest BCUT2D eigenvalue weighted by Crippen LogP contribution is -2.33. The average Bonchev–Trinajstić information content (AvgIpc) is 1.57. The number of rotatable bonds is 65. The smallest absolute Gasteiger partial charge is 0.266 e. The molecule has 47 heteroatoms. The summed E-state index contributed by atoms with van der Waals surface area (Å²) in [6, 6.07) is 11.8. The Morgan fingerprint density at radius 2 is 0.742 bits per heavy atom. The molecule has 696 valence electrons. The summed E-state index contributed by atoms with van der Waals surface area (Å²) >= 11 is 8.43. The van der Waals surface area contributed by atoms with Crippen molar-refractivity contribution in [1.82, 2.24) is 31.9 Å². The SMILES string of the molecule is [B]SCCCCOc1cc(C(=O)NCCCNC(=O)c2cc(C(=O)NCCCNC(=O)c3cc(OCCCCS[B])c(OCCCCS[B])c(OCCCCS[B])c3)cc3c2C(C)(C)C(C=CC=C2N(CCCS(=O)(=O)O)c4cc(C(=O)NCCS(=O)(=O)O)cc(C(=O)NCCS(=O)(=O)O)c4C2(C)C)=[N+]3CCCS(=O)(=O)O)cc(OCCCCI)c1OCCCCS[B]. The lowest BCUT2D eigenvalue weighted by atomic mass is 9.78. The third-order valence-electron chi connectivity index (χ3n) is 20.1. The molecule has 0 unspecified atom stereocenters. The number of hydrogen-bond acceptors (Lipinski definition) is 26. The maximum atomic E-state index is 15.3. The second-order valence-electron chi connectivity index (χ2n) is 30.8. The van der Waals surface area contributed by atoms with Crippen LogP contribution in [0.2, 0.25) is 0 Å². The maximum absolute atomic E-state index is 15.3. The molecule has 0 aliphatic carbocycles. The van der Waals surface area contributed by atoms with E-state index in [1.807, 2.05) is 0 Å². The molecule has 10 N–H and O–H groups in total. The summed E-state index contributed by atoms with van der Waals surface area (Å²) in [5, 5.41) is 16.6. The Bertz CT molecular complexity index is 4940. The first-order valence-corrected chi connectivity index (χ1v) is 55.0. The van der Waals surface area contributed by atoms with Crippen LogP contribution in [-0.4, -0.2) is 281 Å². The van der Waals surface area contributed by atoms with E-state index in [0.29, 0.717) is 127 Å². The van der Waals surface area contributed by atoms with Gasteiger partial charge in [0.1, 0.15) is 6.54 Å². The summed E-state index contributed by atoms with van der Waals surface area (Å²) in [7, 11) is 10.0. The van der Waals surface area contributed by atoms with Gasteiger partial charge < -0.3 is 65.2 Å². The summed E-state index contributed by atoms with van der Waals surface area (Å²) in [6.07, 6.45) is 13.5. The van der Waals surface area contributed by atoms with Crippen LogP contribution in [0.4, 0.5) is 11.4 Å². The number of nitrogens with zero attached hydrogens (tertiary/aromatic N) is 2. The van der Waals surface area contributed by atoms with Gasteiger partial charge in [-0.3, -0.25) is 47.0 Å². The number of hydrogen-bond donors (Lipinski definition) is 10. The van der Waals surface area contributed by atoms with E-state index in [1.54, 1.807) is 79.7 Å². The number of alkyl halides is 1. The van der Waals surface area contributed by atoms with Gasteiger partial charge in [0.05, 0.1) is 79.2 Å². The molecule has 0 aromatic heterocycles. The number of benzene rings is 4. The highest BCUT2D eigenvalue weighted by Gasteiger charge is 2.49. The highest BCUT2D eigenvalue weighted by molar-refractivity contribution is 14.1. The van der Waals surface area contributed by atoms with Gasteiger partial charge in [-0.05, 0) is 192 Å². The molecule has 0 bridgehead atoms. The molecule has 0 atom stereocenters. The molecule has 10 radical (unpaired) electrons. The third kappa shape index (κ3) is 37.4. The number of anilines is 1. The van der Waals surface area contributed by atoms with Crippen LogP contribution < -0.4 is 65.2 Å². The van der Waals surface area contributed by atoms with E-state index in [-0.39, 0.29) is 128 Å². The molecule has 0 saturated carbocycles. The maximum Gasteiger partial charge on any atom is 0.266 e. The van der Waals surface area contributed by atoms with Crippen molar-refractivity contribution in [2.75, 3.05) is 153 Å². The van der Waals surface area contributed by atoms with Gasteiger partial charge in [0.15, 0.2) is 64.3 Å². The number of unbranched alkanes of at least 4 members (excludes halogenated alkanes) is 6. The van der Waals surface area contributed by atoms with Gasteiger partial charge in [-0.1, -0.05) is 42.5 Å². The summed E-state index contributed by atoms with van der Waals surface area (Å²) < 4.78 is 176. The van der Waals surface area contributed by atoms with Crippen LogP contribution in [-0.2, 0) is 51.3 Å². The zero-order valence-corrected chi connectivity index (χ0v) is 81.9. The Morgan fingerprint density at radius 3 is 1.12 bits per heavy atom. The Kier molecular flexibility index (Phi) is 48.6. The fourth-order valence-corrected chi connectivity index (χ4v) is 18.0. The lowest BCUT2D eigenvalue weighted by molar-refractivity contribution is -0.437. The molecule has 2 heterocycles. The van der Waals surface area contributed by atoms with Crippen molar-refractivity contribution in [3.8, 4) is 34.5 Å². The van der Waals surface area contributed by atoms with Gasteiger partial charge >= 0.3 is 0 Å². The van der Waals surface area contributed by atoms with E-state index in [4.69, 9.17) is 64.0 Å². The minimum atomic E-state index is -4.62. The molecule has 6 amide bonds. The van der Waals surface area contributed by atoms with Crippen molar-refractivity contribution in [2.45, 2.75) is 141 Å². The Balaban J connectivity index is 1.43. The van der Waals surface area contributed by atoms with Crippen molar-refractivity contribution >= 4 is 209 Å². The zero-order chi connectivity index (χ0) is 94.1. The number of carbonyl (C=O) groups is 6. The molecule has 0 fully saturated rings. The van der Waals surface area contributed by atoms with Crippen molar-refractivity contribution in [2.24, 2.45) is 0 Å². The first-order valence-electron chi connectivity index (χ1n) is 41.8. The third-order valence-corrected chi connectivity index (χ3v) is 26.5. The quantitative estimate of drug-likeness (QED) is 0.00491. The Hall–Kier alpha value is -6.11. The molecule has 2 aliphatic rings. The molecule has 4 aromatic carbocycles. The Morgan fingerprint density at radius 1 is 0.406 bits per heavy atom. The van der Waals surface area contributed by atoms with Gasteiger partial charge in [-0.15, -0.1) is 0 Å². The average molecular weight is 2050 g/mol. The summed E-state index contributed by atoms with van der Waals surface area (Å²) in [5.74, 6) is -2.00.